The molecule has 0 spiro atoms. The third kappa shape index (κ3) is 2.46. The molecular weight excluding hydrogens is 264 g/mol. The minimum absolute atomic E-state index is 0.630. The Kier molecular flexibility index (Phi) is 3.81. The van der Waals surface area contributed by atoms with Crippen LogP contribution in [0.25, 0.3) is 0 Å². The number of thiophene rings is 1. The van der Waals surface area contributed by atoms with E-state index in [1.165, 1.54) is 10.4 Å². The van der Waals surface area contributed by atoms with E-state index in [-0.39, 0.29) is 0 Å². The summed E-state index contributed by atoms with van der Waals surface area (Å²) < 4.78 is 0. The van der Waals surface area contributed by atoms with Crippen LogP contribution < -0.4 is 0 Å². The average molecular weight is 281 g/mol. The van der Waals surface area contributed by atoms with Gasteiger partial charge in [0, 0.05) is 20.3 Å². The second kappa shape index (κ2) is 5.04. The molecule has 1 atom stereocenters. The third-order valence-electron chi connectivity index (χ3n) is 3.36. The van der Waals surface area contributed by atoms with Crippen molar-refractivity contribution in [2.24, 2.45) is 0 Å². The summed E-state index contributed by atoms with van der Waals surface area (Å²) in [5.41, 5.74) is 4.31. The molecule has 2 rings (SSSR count). The Morgan fingerprint density at radius 2 is 1.61 bits per heavy atom. The van der Waals surface area contributed by atoms with E-state index in [1.807, 2.05) is 32.0 Å². The zero-order chi connectivity index (χ0) is 13.4. The van der Waals surface area contributed by atoms with E-state index < -0.39 is 6.10 Å². The number of benzene rings is 1. The van der Waals surface area contributed by atoms with Gasteiger partial charge in [-0.2, -0.15) is 0 Å². The first kappa shape index (κ1) is 13.6. The molecule has 1 nitrogen and oxygen atoms in total. The summed E-state index contributed by atoms with van der Waals surface area (Å²) in [6, 6.07) is 5.94. The maximum atomic E-state index is 10.5. The molecule has 0 aliphatic heterocycles. The monoisotopic (exact) mass is 280 g/mol. The van der Waals surface area contributed by atoms with Crippen LogP contribution in [-0.2, 0) is 0 Å². The molecule has 96 valence electrons. The van der Waals surface area contributed by atoms with Gasteiger partial charge in [-0.25, -0.2) is 0 Å². The van der Waals surface area contributed by atoms with Gasteiger partial charge in [0.05, 0.1) is 0 Å². The Balaban J connectivity index is 2.45. The SMILES string of the molecule is Cc1cc(Cl)c(C(O)c2cc(C)c(C)s2)cc1C. The van der Waals surface area contributed by atoms with E-state index >= 15 is 0 Å². The third-order valence-corrected chi connectivity index (χ3v) is 4.89. The Morgan fingerprint density at radius 3 is 2.17 bits per heavy atom. The molecule has 1 unspecified atom stereocenters. The van der Waals surface area contributed by atoms with E-state index in [4.69, 9.17) is 11.6 Å². The van der Waals surface area contributed by atoms with Crippen LogP contribution in [0, 0.1) is 27.7 Å². The van der Waals surface area contributed by atoms with Crippen molar-refractivity contribution in [3.8, 4) is 0 Å². The smallest absolute Gasteiger partial charge is 0.115 e. The highest BCUT2D eigenvalue weighted by atomic mass is 35.5. The summed E-state index contributed by atoms with van der Waals surface area (Å²) in [5.74, 6) is 0. The topological polar surface area (TPSA) is 20.2 Å². The van der Waals surface area contributed by atoms with Crippen molar-refractivity contribution >= 4 is 22.9 Å². The van der Waals surface area contributed by atoms with E-state index in [0.717, 1.165) is 21.6 Å². The van der Waals surface area contributed by atoms with Crippen LogP contribution in [0.15, 0.2) is 18.2 Å². The van der Waals surface area contributed by atoms with E-state index in [1.54, 1.807) is 11.3 Å². The first-order chi connectivity index (χ1) is 8.40. The van der Waals surface area contributed by atoms with Crippen molar-refractivity contribution in [3.63, 3.8) is 0 Å². The summed E-state index contributed by atoms with van der Waals surface area (Å²) in [6.45, 7) is 8.19. The number of rotatable bonds is 2. The molecule has 1 N–H and O–H groups in total. The van der Waals surface area contributed by atoms with Crippen molar-refractivity contribution in [2.45, 2.75) is 33.8 Å². The lowest BCUT2D eigenvalue weighted by Gasteiger charge is -2.13. The van der Waals surface area contributed by atoms with Crippen LogP contribution in [0.1, 0.15) is 38.1 Å². The highest BCUT2D eigenvalue weighted by Gasteiger charge is 2.17. The number of aliphatic hydroxyl groups excluding tert-OH is 1. The fraction of sp³-hybridized carbons (Fsp3) is 0.333. The molecule has 0 saturated carbocycles. The summed E-state index contributed by atoms with van der Waals surface area (Å²) in [4.78, 5) is 2.19. The van der Waals surface area contributed by atoms with Crippen LogP contribution in [0.4, 0.5) is 0 Å². The van der Waals surface area contributed by atoms with Crippen LogP contribution >= 0.6 is 22.9 Å². The highest BCUT2D eigenvalue weighted by molar-refractivity contribution is 7.12. The van der Waals surface area contributed by atoms with Gasteiger partial charge in [-0.05, 0) is 56.5 Å². The number of hydrogen-bond donors (Lipinski definition) is 1. The Labute approximate surface area is 117 Å². The number of hydrogen-bond acceptors (Lipinski definition) is 2. The van der Waals surface area contributed by atoms with Crippen LogP contribution in [0.3, 0.4) is 0 Å². The second-order valence-corrected chi connectivity index (χ2v) is 6.44. The zero-order valence-corrected chi connectivity index (χ0v) is 12.6. The Bertz CT molecular complexity index is 567. The molecule has 2 aromatic rings. The van der Waals surface area contributed by atoms with E-state index in [9.17, 15) is 5.11 Å². The van der Waals surface area contributed by atoms with E-state index in [2.05, 4.69) is 13.8 Å². The molecule has 3 heteroatoms. The van der Waals surface area contributed by atoms with Crippen molar-refractivity contribution in [1.29, 1.82) is 0 Å². The van der Waals surface area contributed by atoms with Gasteiger partial charge >= 0.3 is 0 Å². The maximum absolute atomic E-state index is 10.5. The first-order valence-corrected chi connectivity index (χ1v) is 7.11. The van der Waals surface area contributed by atoms with Gasteiger partial charge in [-0.15, -0.1) is 11.3 Å². The predicted molar refractivity (Wildman–Crippen MR) is 78.8 cm³/mol. The lowest BCUT2D eigenvalue weighted by molar-refractivity contribution is 0.224. The summed E-state index contributed by atoms with van der Waals surface area (Å²) >= 11 is 7.86. The molecule has 0 saturated heterocycles. The minimum Gasteiger partial charge on any atom is -0.383 e. The predicted octanol–water partition coefficient (Wildman–Crippen LogP) is 4.72. The molecule has 1 aromatic heterocycles. The van der Waals surface area contributed by atoms with Gasteiger partial charge in [0.2, 0.25) is 0 Å². The summed E-state index contributed by atoms with van der Waals surface area (Å²) in [5, 5.41) is 11.1. The van der Waals surface area contributed by atoms with Crippen LogP contribution in [0.2, 0.25) is 5.02 Å². The van der Waals surface area contributed by atoms with Crippen LogP contribution in [-0.4, -0.2) is 5.11 Å². The molecule has 1 aromatic carbocycles. The van der Waals surface area contributed by atoms with Crippen molar-refractivity contribution in [3.05, 3.63) is 55.2 Å². The molecule has 0 aliphatic carbocycles. The number of aliphatic hydroxyl groups is 1. The van der Waals surface area contributed by atoms with E-state index in [0.29, 0.717) is 5.02 Å². The summed E-state index contributed by atoms with van der Waals surface area (Å²) in [6.07, 6.45) is -0.630. The standard InChI is InChI=1S/C15H17ClOS/c1-8-5-12(13(16)6-9(8)2)15(17)14-7-10(3)11(4)18-14/h5-7,15,17H,1-4H3. The number of halogens is 1. The molecule has 18 heavy (non-hydrogen) atoms. The maximum Gasteiger partial charge on any atom is 0.115 e. The first-order valence-electron chi connectivity index (χ1n) is 5.91. The second-order valence-electron chi connectivity index (χ2n) is 4.75. The Morgan fingerprint density at radius 1 is 1.00 bits per heavy atom. The van der Waals surface area contributed by atoms with Crippen LogP contribution in [0.5, 0.6) is 0 Å². The van der Waals surface area contributed by atoms with Gasteiger partial charge in [-0.1, -0.05) is 17.7 Å². The lowest BCUT2D eigenvalue weighted by atomic mass is 10.0. The van der Waals surface area contributed by atoms with Crippen molar-refractivity contribution < 1.29 is 5.11 Å². The molecule has 0 bridgehead atoms. The zero-order valence-electron chi connectivity index (χ0n) is 11.0. The van der Waals surface area contributed by atoms with Gasteiger partial charge in [0.25, 0.3) is 0 Å². The lowest BCUT2D eigenvalue weighted by Crippen LogP contribution is -1.99. The quantitative estimate of drug-likeness (QED) is 0.844. The molecular formula is C15H17ClOS. The largest absolute Gasteiger partial charge is 0.383 e. The molecule has 1 heterocycles. The fourth-order valence-electron chi connectivity index (χ4n) is 1.90. The van der Waals surface area contributed by atoms with Gasteiger partial charge < -0.3 is 5.11 Å². The van der Waals surface area contributed by atoms with Crippen molar-refractivity contribution in [1.82, 2.24) is 0 Å². The van der Waals surface area contributed by atoms with Gasteiger partial charge in [0.1, 0.15) is 6.10 Å². The molecule has 0 amide bonds. The average Bonchev–Trinajstić information content (AvgIpc) is 2.63. The van der Waals surface area contributed by atoms with Gasteiger partial charge in [0.15, 0.2) is 0 Å². The van der Waals surface area contributed by atoms with Crippen molar-refractivity contribution in [2.75, 3.05) is 0 Å². The summed E-state index contributed by atoms with van der Waals surface area (Å²) in [7, 11) is 0. The molecule has 0 fully saturated rings. The molecule has 0 radical (unpaired) electrons. The normalized spacial score (nSPS) is 12.8. The molecule has 0 aliphatic rings. The fourth-order valence-corrected chi connectivity index (χ4v) is 3.27. The Hall–Kier alpha value is -0.830. The van der Waals surface area contributed by atoms with Gasteiger partial charge in [-0.3, -0.25) is 0 Å². The highest BCUT2D eigenvalue weighted by Crippen LogP contribution is 2.35. The number of aryl methyl sites for hydroxylation is 4. The minimum atomic E-state index is -0.630.